The van der Waals surface area contributed by atoms with Gasteiger partial charge in [-0.1, -0.05) is 20.8 Å². The second-order valence-electron chi connectivity index (χ2n) is 11.2. The fraction of sp³-hybridized carbons (Fsp3) is 0.957. The number of hydrogen-bond donors (Lipinski definition) is 2. The molecule has 3 unspecified atom stereocenters. The smallest absolute Gasteiger partial charge is 0.303 e. The van der Waals surface area contributed by atoms with Gasteiger partial charge >= 0.3 is 5.97 Å². The number of carboxylic acids is 1. The lowest BCUT2D eigenvalue weighted by Crippen LogP contribution is -2.63. The van der Waals surface area contributed by atoms with Gasteiger partial charge in [-0.15, -0.1) is 0 Å². The number of fused-ring (bicyclic) bond motifs is 5. The predicted molar refractivity (Wildman–Crippen MR) is 103 cm³/mol. The third-order valence-corrected chi connectivity index (χ3v) is 9.93. The molecule has 4 aliphatic rings. The van der Waals surface area contributed by atoms with E-state index in [4.69, 9.17) is 0 Å². The first-order valence-electron chi connectivity index (χ1n) is 11.3. The van der Waals surface area contributed by atoms with Gasteiger partial charge in [-0.2, -0.15) is 0 Å². The van der Waals surface area contributed by atoms with Crippen LogP contribution < -0.4 is 0 Å². The number of alkyl halides is 3. The summed E-state index contributed by atoms with van der Waals surface area (Å²) < 4.78 is 46.0. The molecule has 10 atom stereocenters. The van der Waals surface area contributed by atoms with Crippen LogP contribution >= 0.6 is 0 Å². The van der Waals surface area contributed by atoms with Gasteiger partial charge in [0.2, 0.25) is 0 Å². The monoisotopic (exact) mass is 416 g/mol. The van der Waals surface area contributed by atoms with Crippen molar-refractivity contribution in [2.24, 2.45) is 46.3 Å². The summed E-state index contributed by atoms with van der Waals surface area (Å²) in [6, 6.07) is 0. The molecule has 4 fully saturated rings. The minimum atomic E-state index is -2.94. The molecule has 29 heavy (non-hydrogen) atoms. The van der Waals surface area contributed by atoms with Gasteiger partial charge < -0.3 is 10.2 Å². The Balaban J connectivity index is 1.66. The second kappa shape index (κ2) is 6.86. The lowest BCUT2D eigenvalue weighted by Gasteiger charge is -2.63. The van der Waals surface area contributed by atoms with Crippen LogP contribution in [0.2, 0.25) is 0 Å². The van der Waals surface area contributed by atoms with Crippen molar-refractivity contribution in [3.05, 3.63) is 0 Å². The zero-order valence-corrected chi connectivity index (χ0v) is 17.7. The van der Waals surface area contributed by atoms with Crippen molar-refractivity contribution in [1.82, 2.24) is 0 Å². The molecular weight excluding hydrogens is 381 g/mol. The molecular formula is C23H35F3O3. The largest absolute Gasteiger partial charge is 0.481 e. The molecule has 0 aromatic carbocycles. The van der Waals surface area contributed by atoms with Crippen LogP contribution in [0.3, 0.4) is 0 Å². The summed E-state index contributed by atoms with van der Waals surface area (Å²) in [7, 11) is 0. The van der Waals surface area contributed by atoms with E-state index in [1.54, 1.807) is 0 Å². The molecule has 0 radical (unpaired) electrons. The molecule has 4 saturated carbocycles. The molecule has 0 aliphatic heterocycles. The Hall–Kier alpha value is -0.780. The molecule has 0 heterocycles. The van der Waals surface area contributed by atoms with Crippen LogP contribution in [0.4, 0.5) is 13.2 Å². The highest BCUT2D eigenvalue weighted by molar-refractivity contribution is 5.67. The van der Waals surface area contributed by atoms with Crippen LogP contribution in [-0.4, -0.2) is 34.4 Å². The zero-order valence-electron chi connectivity index (χ0n) is 17.7. The summed E-state index contributed by atoms with van der Waals surface area (Å²) in [4.78, 5) is 11.2. The van der Waals surface area contributed by atoms with Gasteiger partial charge in [0.25, 0.3) is 5.92 Å². The maximum absolute atomic E-state index is 15.6. The Bertz CT molecular complexity index is 670. The molecule has 4 rings (SSSR count). The van der Waals surface area contributed by atoms with E-state index in [0.717, 1.165) is 12.8 Å². The van der Waals surface area contributed by atoms with Gasteiger partial charge in [0.05, 0.1) is 6.10 Å². The molecule has 166 valence electrons. The van der Waals surface area contributed by atoms with Crippen molar-refractivity contribution in [2.45, 2.75) is 90.3 Å². The van der Waals surface area contributed by atoms with Crippen molar-refractivity contribution in [3.8, 4) is 0 Å². The van der Waals surface area contributed by atoms with E-state index < -0.39 is 47.8 Å². The van der Waals surface area contributed by atoms with E-state index in [-0.39, 0.29) is 35.5 Å². The summed E-state index contributed by atoms with van der Waals surface area (Å²) in [5.41, 5.74) is -0.761. The van der Waals surface area contributed by atoms with Gasteiger partial charge in [0, 0.05) is 24.7 Å². The molecule has 0 amide bonds. The number of carboxylic acid groups (broad SMARTS) is 1. The molecule has 0 spiro atoms. The summed E-state index contributed by atoms with van der Waals surface area (Å²) in [6.45, 7) is 6.05. The summed E-state index contributed by atoms with van der Waals surface area (Å²) in [5.74, 6) is -5.55. The average Bonchev–Trinajstić information content (AvgIpc) is 2.97. The van der Waals surface area contributed by atoms with Crippen molar-refractivity contribution < 1.29 is 28.2 Å². The minimum absolute atomic E-state index is 0.0281. The average molecular weight is 417 g/mol. The normalized spacial score (nSPS) is 52.2. The number of rotatable bonds is 3. The maximum Gasteiger partial charge on any atom is 0.303 e. The zero-order chi connectivity index (χ0) is 21.4. The van der Waals surface area contributed by atoms with Crippen LogP contribution in [0.15, 0.2) is 0 Å². The van der Waals surface area contributed by atoms with Crippen LogP contribution in [0, 0.1) is 46.3 Å². The van der Waals surface area contributed by atoms with Crippen LogP contribution in [0.25, 0.3) is 0 Å². The number of aliphatic carboxylic acids is 1. The fourth-order valence-electron chi connectivity index (χ4n) is 8.53. The highest BCUT2D eigenvalue weighted by Crippen LogP contribution is 2.71. The number of halogens is 3. The van der Waals surface area contributed by atoms with Gasteiger partial charge in [-0.25, -0.2) is 13.2 Å². The van der Waals surface area contributed by atoms with Gasteiger partial charge in [-0.05, 0) is 73.0 Å². The first kappa shape index (κ1) is 21.5. The molecule has 3 nitrogen and oxygen atoms in total. The molecule has 0 bridgehead atoms. The predicted octanol–water partition coefficient (Wildman–Crippen LogP) is 5.31. The van der Waals surface area contributed by atoms with Crippen LogP contribution in [0.1, 0.15) is 72.1 Å². The van der Waals surface area contributed by atoms with E-state index in [0.29, 0.717) is 25.7 Å². The Morgan fingerprint density at radius 2 is 1.66 bits per heavy atom. The maximum atomic E-state index is 15.6. The van der Waals surface area contributed by atoms with Crippen LogP contribution in [0.5, 0.6) is 0 Å². The van der Waals surface area contributed by atoms with E-state index >= 15 is 8.78 Å². The van der Waals surface area contributed by atoms with Crippen molar-refractivity contribution in [3.63, 3.8) is 0 Å². The topological polar surface area (TPSA) is 57.5 Å². The molecule has 0 saturated heterocycles. The highest BCUT2D eigenvalue weighted by Gasteiger charge is 2.69. The van der Waals surface area contributed by atoms with E-state index in [2.05, 4.69) is 6.92 Å². The second-order valence-corrected chi connectivity index (χ2v) is 11.2. The summed E-state index contributed by atoms with van der Waals surface area (Å²) >= 11 is 0. The quantitative estimate of drug-likeness (QED) is 0.655. The van der Waals surface area contributed by atoms with E-state index in [9.17, 15) is 19.4 Å². The summed E-state index contributed by atoms with van der Waals surface area (Å²) in [6.07, 6.45) is 0.864. The standard InChI is InChI=1S/C23H35F3O3/c1-12(10-18(28)29)13-4-5-14-19-15(6-8-21(13,14)2)22(3)9-7-17(27)20(24)16(22)11-23(19,25)26/h12-17,19-20,27H,4-11H2,1-3H3,(H,28,29)/t12-,13-,14?,15?,16-,17+,19?,20-,21-,22-/m1/s1. The SMILES string of the molecule is C[C@H](CC(=O)O)[C@H]1CCC2C3C(CC[C@@]21C)[C@@]1(C)CC[C@H](O)[C@H](F)[C@H]1CC3(F)F. The Morgan fingerprint density at radius 3 is 2.31 bits per heavy atom. The van der Waals surface area contributed by atoms with Gasteiger partial charge in [-0.3, -0.25) is 4.79 Å². The lowest BCUT2D eigenvalue weighted by atomic mass is 9.43. The van der Waals surface area contributed by atoms with Crippen molar-refractivity contribution in [1.29, 1.82) is 0 Å². The highest BCUT2D eigenvalue weighted by atomic mass is 19.3. The molecule has 0 aromatic heterocycles. The summed E-state index contributed by atoms with van der Waals surface area (Å²) in [5, 5.41) is 19.2. The first-order chi connectivity index (χ1) is 13.4. The number of aliphatic hydroxyl groups is 1. The van der Waals surface area contributed by atoms with Crippen molar-refractivity contribution >= 4 is 5.97 Å². The first-order valence-corrected chi connectivity index (χ1v) is 11.3. The lowest BCUT2D eigenvalue weighted by molar-refractivity contribution is -0.250. The Kier molecular flexibility index (Phi) is 5.08. The number of aliphatic hydroxyl groups excluding tert-OH is 1. The number of carbonyl (C=O) groups is 1. The minimum Gasteiger partial charge on any atom is -0.481 e. The Morgan fingerprint density at radius 1 is 1.03 bits per heavy atom. The third kappa shape index (κ3) is 3.06. The van der Waals surface area contributed by atoms with Crippen LogP contribution in [-0.2, 0) is 4.79 Å². The van der Waals surface area contributed by atoms with Crippen molar-refractivity contribution in [2.75, 3.05) is 0 Å². The molecule has 0 aromatic rings. The fourth-order valence-corrected chi connectivity index (χ4v) is 8.53. The van der Waals surface area contributed by atoms with E-state index in [1.807, 2.05) is 13.8 Å². The molecule has 2 N–H and O–H groups in total. The molecule has 6 heteroatoms. The van der Waals surface area contributed by atoms with Gasteiger partial charge in [0.15, 0.2) is 0 Å². The number of hydrogen-bond acceptors (Lipinski definition) is 2. The van der Waals surface area contributed by atoms with Gasteiger partial charge in [0.1, 0.15) is 6.17 Å². The third-order valence-electron chi connectivity index (χ3n) is 9.93. The molecule has 4 aliphatic carbocycles. The van der Waals surface area contributed by atoms with E-state index in [1.165, 1.54) is 0 Å². The Labute approximate surface area is 171 Å².